The fourth-order valence-corrected chi connectivity index (χ4v) is 2.31. The summed E-state index contributed by atoms with van der Waals surface area (Å²) in [5, 5.41) is 13.1. The molecule has 0 aliphatic carbocycles. The van der Waals surface area contributed by atoms with Crippen molar-refractivity contribution < 1.29 is 14.2 Å². The van der Waals surface area contributed by atoms with E-state index in [-0.39, 0.29) is 6.61 Å². The molecule has 6 heteroatoms. The summed E-state index contributed by atoms with van der Waals surface area (Å²) in [6.07, 6.45) is 2.26. The van der Waals surface area contributed by atoms with E-state index >= 15 is 0 Å². The van der Waals surface area contributed by atoms with Gasteiger partial charge in [-0.2, -0.15) is 0 Å². The normalized spacial score (nSPS) is 12.1. The smallest absolute Gasteiger partial charge is 0.138 e. The number of hydrogen-bond acceptors (Lipinski definition) is 5. The van der Waals surface area contributed by atoms with Gasteiger partial charge >= 0.3 is 0 Å². The first-order valence-corrected chi connectivity index (χ1v) is 7.60. The topological polar surface area (TPSA) is 67.3 Å². The number of aliphatic hydroxyl groups is 1. The van der Waals surface area contributed by atoms with Gasteiger partial charge in [0, 0.05) is 24.2 Å². The highest BCUT2D eigenvalue weighted by atomic mass is 19.1. The minimum atomic E-state index is -1.11. The van der Waals surface area contributed by atoms with Crippen molar-refractivity contribution >= 4 is 16.7 Å². The fraction of sp³-hybridized carbons (Fsp3) is 0.222. The van der Waals surface area contributed by atoms with Crippen LogP contribution in [0.4, 0.5) is 10.2 Å². The number of pyridine rings is 2. The Hall–Kier alpha value is -2.73. The van der Waals surface area contributed by atoms with Crippen molar-refractivity contribution in [1.82, 2.24) is 9.97 Å². The van der Waals surface area contributed by atoms with Gasteiger partial charge in [-0.1, -0.05) is 12.1 Å². The van der Waals surface area contributed by atoms with Crippen molar-refractivity contribution in [2.45, 2.75) is 6.10 Å². The van der Waals surface area contributed by atoms with Gasteiger partial charge in [-0.25, -0.2) is 9.37 Å². The summed E-state index contributed by atoms with van der Waals surface area (Å²) in [5.41, 5.74) is 2.85. The average Bonchev–Trinajstić information content (AvgIpc) is 2.65. The number of rotatable bonds is 6. The van der Waals surface area contributed by atoms with Crippen molar-refractivity contribution in [3.8, 4) is 16.9 Å². The number of alkyl halides is 1. The monoisotopic (exact) mass is 327 g/mol. The van der Waals surface area contributed by atoms with Gasteiger partial charge in [-0.05, 0) is 29.8 Å². The maximum atomic E-state index is 12.2. The van der Waals surface area contributed by atoms with Crippen LogP contribution in [0.1, 0.15) is 0 Å². The zero-order valence-electron chi connectivity index (χ0n) is 13.2. The van der Waals surface area contributed by atoms with E-state index in [2.05, 4.69) is 15.3 Å². The third kappa shape index (κ3) is 3.60. The van der Waals surface area contributed by atoms with Gasteiger partial charge in [0.2, 0.25) is 0 Å². The molecule has 0 fully saturated rings. The summed E-state index contributed by atoms with van der Waals surface area (Å²) >= 11 is 0. The molecule has 0 aliphatic rings. The molecule has 124 valence electrons. The Kier molecular flexibility index (Phi) is 4.86. The molecule has 5 nitrogen and oxygen atoms in total. The molecule has 1 atom stereocenters. The van der Waals surface area contributed by atoms with Crippen LogP contribution in [0.25, 0.3) is 22.0 Å². The maximum Gasteiger partial charge on any atom is 0.138 e. The van der Waals surface area contributed by atoms with E-state index in [1.165, 1.54) is 0 Å². The molecule has 2 heterocycles. The Bertz CT molecular complexity index is 824. The number of anilines is 1. The number of fused-ring (bicyclic) bond motifs is 1. The molecule has 2 N–H and O–H groups in total. The van der Waals surface area contributed by atoms with Gasteiger partial charge in [0.25, 0.3) is 0 Å². The van der Waals surface area contributed by atoms with Crippen molar-refractivity contribution in [3.05, 3.63) is 48.8 Å². The molecule has 0 saturated heterocycles. The molecule has 2 aromatic heterocycles. The first-order chi connectivity index (χ1) is 11.7. The van der Waals surface area contributed by atoms with Crippen LogP contribution in [0, 0.1) is 0 Å². The molecule has 0 bridgehead atoms. The fourth-order valence-electron chi connectivity index (χ4n) is 2.31. The van der Waals surface area contributed by atoms with Crippen molar-refractivity contribution in [2.75, 3.05) is 25.6 Å². The first-order valence-electron chi connectivity index (χ1n) is 7.60. The minimum absolute atomic E-state index is 0.0920. The second-order valence-electron chi connectivity index (χ2n) is 5.38. The van der Waals surface area contributed by atoms with Gasteiger partial charge < -0.3 is 15.2 Å². The van der Waals surface area contributed by atoms with E-state index in [0.717, 1.165) is 27.8 Å². The van der Waals surface area contributed by atoms with E-state index in [4.69, 9.17) is 4.74 Å². The number of aliphatic hydroxyl groups excluding tert-OH is 1. The first kappa shape index (κ1) is 16.1. The number of hydrogen-bond donors (Lipinski definition) is 2. The van der Waals surface area contributed by atoms with E-state index in [1.807, 2.05) is 49.6 Å². The summed E-state index contributed by atoms with van der Waals surface area (Å²) in [7, 11) is 1.83. The predicted octanol–water partition coefficient (Wildman–Crippen LogP) is 3.05. The second kappa shape index (κ2) is 7.23. The Morgan fingerprint density at radius 2 is 1.96 bits per heavy atom. The minimum Gasteiger partial charge on any atom is -0.489 e. The van der Waals surface area contributed by atoms with Crippen LogP contribution in [0.2, 0.25) is 0 Å². The maximum absolute atomic E-state index is 12.2. The number of benzene rings is 1. The van der Waals surface area contributed by atoms with Crippen molar-refractivity contribution in [1.29, 1.82) is 0 Å². The van der Waals surface area contributed by atoms with Gasteiger partial charge in [0.05, 0.1) is 11.7 Å². The molecule has 0 radical (unpaired) electrons. The van der Waals surface area contributed by atoms with Crippen molar-refractivity contribution in [3.63, 3.8) is 0 Å². The summed E-state index contributed by atoms with van der Waals surface area (Å²) in [5.74, 6) is 1.32. The van der Waals surface area contributed by atoms with Gasteiger partial charge in [0.1, 0.15) is 31.0 Å². The van der Waals surface area contributed by atoms with Crippen LogP contribution in [-0.2, 0) is 0 Å². The lowest BCUT2D eigenvalue weighted by molar-refractivity contribution is 0.0841. The number of nitrogens with one attached hydrogen (secondary N) is 1. The molecule has 24 heavy (non-hydrogen) atoms. The van der Waals surface area contributed by atoms with Crippen LogP contribution in [-0.4, -0.2) is 41.5 Å². The van der Waals surface area contributed by atoms with Gasteiger partial charge in [-0.15, -0.1) is 0 Å². The highest BCUT2D eigenvalue weighted by Crippen LogP contribution is 2.25. The molecular formula is C18H18FN3O2. The quantitative estimate of drug-likeness (QED) is 0.728. The molecule has 0 aliphatic heterocycles. The average molecular weight is 327 g/mol. The van der Waals surface area contributed by atoms with Crippen LogP contribution in [0.15, 0.2) is 48.8 Å². The van der Waals surface area contributed by atoms with Crippen LogP contribution >= 0.6 is 0 Å². The second-order valence-corrected chi connectivity index (χ2v) is 5.38. The summed E-state index contributed by atoms with van der Waals surface area (Å²) in [6, 6.07) is 11.6. The lowest BCUT2D eigenvalue weighted by atomic mass is 10.1. The Balaban J connectivity index is 1.83. The van der Waals surface area contributed by atoms with E-state index in [9.17, 15) is 9.50 Å². The summed E-state index contributed by atoms with van der Waals surface area (Å²) in [4.78, 5) is 8.68. The number of aromatic nitrogens is 2. The molecule has 0 spiro atoms. The molecule has 3 rings (SSSR count). The third-order valence-electron chi connectivity index (χ3n) is 3.63. The Morgan fingerprint density at radius 3 is 2.67 bits per heavy atom. The van der Waals surface area contributed by atoms with Gasteiger partial charge in [-0.3, -0.25) is 4.98 Å². The van der Waals surface area contributed by atoms with E-state index in [0.29, 0.717) is 5.75 Å². The van der Waals surface area contributed by atoms with Crippen molar-refractivity contribution in [2.24, 2.45) is 0 Å². The van der Waals surface area contributed by atoms with Gasteiger partial charge in [0.15, 0.2) is 0 Å². The zero-order chi connectivity index (χ0) is 16.9. The highest BCUT2D eigenvalue weighted by molar-refractivity contribution is 5.85. The molecular weight excluding hydrogens is 309 g/mol. The standard InChI is InChI=1S/C18H18FN3O2/c1-20-18-5-4-14(9-22-18)12-2-3-13-6-16(10-21-17(13)7-12)24-11-15(23)8-19/h2-7,9-10,15,23H,8,11H2,1H3,(H,20,22). The Labute approximate surface area is 139 Å². The van der Waals surface area contributed by atoms with E-state index in [1.54, 1.807) is 6.20 Å². The lowest BCUT2D eigenvalue weighted by Crippen LogP contribution is -2.19. The molecule has 3 aromatic rings. The number of ether oxygens (including phenoxy) is 1. The van der Waals surface area contributed by atoms with E-state index < -0.39 is 12.8 Å². The highest BCUT2D eigenvalue weighted by Gasteiger charge is 2.06. The Morgan fingerprint density at radius 1 is 1.12 bits per heavy atom. The molecule has 0 saturated carbocycles. The van der Waals surface area contributed by atoms with Crippen LogP contribution < -0.4 is 10.1 Å². The predicted molar refractivity (Wildman–Crippen MR) is 92.0 cm³/mol. The lowest BCUT2D eigenvalue weighted by Gasteiger charge is -2.10. The summed E-state index contributed by atoms with van der Waals surface area (Å²) < 4.78 is 17.6. The zero-order valence-corrected chi connectivity index (χ0v) is 13.2. The largest absolute Gasteiger partial charge is 0.489 e. The number of nitrogens with zero attached hydrogens (tertiary/aromatic N) is 2. The third-order valence-corrected chi connectivity index (χ3v) is 3.63. The molecule has 1 unspecified atom stereocenters. The van der Waals surface area contributed by atoms with Crippen LogP contribution in [0.3, 0.4) is 0 Å². The van der Waals surface area contributed by atoms with Crippen LogP contribution in [0.5, 0.6) is 5.75 Å². The number of halogens is 1. The molecule has 0 amide bonds. The molecule has 1 aromatic carbocycles. The SMILES string of the molecule is CNc1ccc(-c2ccc3cc(OCC(O)CF)cnc3c2)cn1. The summed E-state index contributed by atoms with van der Waals surface area (Å²) in [6.45, 7) is -0.921.